The quantitative estimate of drug-likeness (QED) is 0.799. The van der Waals surface area contributed by atoms with E-state index in [1.807, 2.05) is 0 Å². The largest absolute Gasteiger partial charge is 0.299 e. The Morgan fingerprint density at radius 2 is 2.14 bits per heavy atom. The number of nitrogens with zero attached hydrogens (tertiary/aromatic N) is 1. The fourth-order valence-corrected chi connectivity index (χ4v) is 2.11. The standard InChI is InChI=1S/C12H16BrN/c1-9-3-6-12(13)10(7-9)8-14(2)11-4-5-11/h3,6-7,11H,4-5,8H2,1-2H3. The summed E-state index contributed by atoms with van der Waals surface area (Å²) in [5.74, 6) is 0. The van der Waals surface area contributed by atoms with Crippen LogP contribution in [0.3, 0.4) is 0 Å². The van der Waals surface area contributed by atoms with Crippen molar-refractivity contribution in [1.82, 2.24) is 4.90 Å². The Hall–Kier alpha value is -0.340. The van der Waals surface area contributed by atoms with Gasteiger partial charge in [0.15, 0.2) is 0 Å². The average Bonchev–Trinajstić information content (AvgIpc) is 2.94. The lowest BCUT2D eigenvalue weighted by molar-refractivity contribution is 0.316. The second-order valence-electron chi connectivity index (χ2n) is 4.24. The van der Waals surface area contributed by atoms with Crippen LogP contribution in [0.2, 0.25) is 0 Å². The van der Waals surface area contributed by atoms with Gasteiger partial charge in [-0.15, -0.1) is 0 Å². The highest BCUT2D eigenvalue weighted by Gasteiger charge is 2.26. The van der Waals surface area contributed by atoms with Crippen molar-refractivity contribution in [2.24, 2.45) is 0 Å². The lowest BCUT2D eigenvalue weighted by Gasteiger charge is -2.16. The van der Waals surface area contributed by atoms with Gasteiger partial charge in [0.25, 0.3) is 0 Å². The molecule has 0 N–H and O–H groups in total. The maximum Gasteiger partial charge on any atom is 0.0244 e. The monoisotopic (exact) mass is 253 g/mol. The maximum absolute atomic E-state index is 3.60. The molecule has 14 heavy (non-hydrogen) atoms. The molecule has 1 nitrogen and oxygen atoms in total. The van der Waals surface area contributed by atoms with Crippen molar-refractivity contribution >= 4 is 15.9 Å². The zero-order valence-electron chi connectivity index (χ0n) is 8.76. The summed E-state index contributed by atoms with van der Waals surface area (Å²) in [6.45, 7) is 3.21. The van der Waals surface area contributed by atoms with E-state index in [0.29, 0.717) is 0 Å². The average molecular weight is 254 g/mol. The number of hydrogen-bond donors (Lipinski definition) is 0. The van der Waals surface area contributed by atoms with Crippen molar-refractivity contribution in [3.05, 3.63) is 33.8 Å². The molecule has 0 spiro atoms. The van der Waals surface area contributed by atoms with Crippen LogP contribution in [0.15, 0.2) is 22.7 Å². The molecule has 2 rings (SSSR count). The molecule has 0 atom stereocenters. The Morgan fingerprint density at radius 3 is 2.79 bits per heavy atom. The predicted octanol–water partition coefficient (Wildman–Crippen LogP) is 3.35. The molecule has 0 unspecified atom stereocenters. The molecule has 0 aliphatic heterocycles. The number of benzene rings is 1. The summed E-state index contributed by atoms with van der Waals surface area (Å²) in [4.78, 5) is 2.44. The van der Waals surface area contributed by atoms with Gasteiger partial charge in [-0.1, -0.05) is 33.6 Å². The maximum atomic E-state index is 3.60. The van der Waals surface area contributed by atoms with Gasteiger partial charge in [-0.3, -0.25) is 4.90 Å². The third kappa shape index (κ3) is 2.37. The number of hydrogen-bond acceptors (Lipinski definition) is 1. The zero-order valence-corrected chi connectivity index (χ0v) is 10.3. The highest BCUT2D eigenvalue weighted by molar-refractivity contribution is 9.10. The topological polar surface area (TPSA) is 3.24 Å². The van der Waals surface area contributed by atoms with E-state index in [0.717, 1.165) is 12.6 Å². The molecule has 0 aromatic heterocycles. The van der Waals surface area contributed by atoms with Crippen LogP contribution in [-0.4, -0.2) is 18.0 Å². The molecule has 0 heterocycles. The molecule has 0 radical (unpaired) electrons. The Balaban J connectivity index is 2.10. The zero-order chi connectivity index (χ0) is 10.1. The molecule has 76 valence electrons. The first-order valence-electron chi connectivity index (χ1n) is 5.12. The van der Waals surface area contributed by atoms with Crippen LogP contribution in [0.4, 0.5) is 0 Å². The van der Waals surface area contributed by atoms with E-state index in [2.05, 4.69) is 53.0 Å². The van der Waals surface area contributed by atoms with Gasteiger partial charge in [0.05, 0.1) is 0 Å². The highest BCUT2D eigenvalue weighted by Crippen LogP contribution is 2.28. The molecule has 1 aromatic rings. The van der Waals surface area contributed by atoms with E-state index in [4.69, 9.17) is 0 Å². The molecule has 1 aliphatic carbocycles. The lowest BCUT2D eigenvalue weighted by Crippen LogP contribution is -2.20. The van der Waals surface area contributed by atoms with Crippen molar-refractivity contribution < 1.29 is 0 Å². The first kappa shape index (κ1) is 10.2. The summed E-state index contributed by atoms with van der Waals surface area (Å²) in [6.07, 6.45) is 2.75. The van der Waals surface area contributed by atoms with E-state index >= 15 is 0 Å². The number of rotatable bonds is 3. The third-order valence-electron chi connectivity index (χ3n) is 2.79. The Morgan fingerprint density at radius 1 is 1.43 bits per heavy atom. The molecular weight excluding hydrogens is 238 g/mol. The number of halogens is 1. The first-order valence-corrected chi connectivity index (χ1v) is 5.91. The fraction of sp³-hybridized carbons (Fsp3) is 0.500. The van der Waals surface area contributed by atoms with Gasteiger partial charge >= 0.3 is 0 Å². The van der Waals surface area contributed by atoms with Gasteiger partial charge in [-0.25, -0.2) is 0 Å². The summed E-state index contributed by atoms with van der Waals surface area (Å²) >= 11 is 3.60. The Kier molecular flexibility index (Phi) is 2.93. The van der Waals surface area contributed by atoms with Gasteiger partial charge in [0.1, 0.15) is 0 Å². The summed E-state index contributed by atoms with van der Waals surface area (Å²) < 4.78 is 1.23. The lowest BCUT2D eigenvalue weighted by atomic mass is 10.1. The van der Waals surface area contributed by atoms with Crippen molar-refractivity contribution in [2.45, 2.75) is 32.4 Å². The van der Waals surface area contributed by atoms with Gasteiger partial charge in [0, 0.05) is 17.1 Å². The minimum atomic E-state index is 0.836. The van der Waals surface area contributed by atoms with Crippen LogP contribution >= 0.6 is 15.9 Å². The van der Waals surface area contributed by atoms with E-state index in [-0.39, 0.29) is 0 Å². The van der Waals surface area contributed by atoms with E-state index < -0.39 is 0 Å². The van der Waals surface area contributed by atoms with Crippen LogP contribution in [0.25, 0.3) is 0 Å². The number of aryl methyl sites for hydroxylation is 1. The summed E-state index contributed by atoms with van der Waals surface area (Å²) in [6, 6.07) is 7.39. The van der Waals surface area contributed by atoms with Crippen LogP contribution in [-0.2, 0) is 6.54 Å². The second-order valence-corrected chi connectivity index (χ2v) is 5.10. The fourth-order valence-electron chi connectivity index (χ4n) is 1.74. The molecular formula is C12H16BrN. The molecule has 0 amide bonds. The Bertz CT molecular complexity index is 331. The third-order valence-corrected chi connectivity index (χ3v) is 3.56. The molecule has 2 heteroatoms. The molecule has 1 aliphatic rings. The predicted molar refractivity (Wildman–Crippen MR) is 63.4 cm³/mol. The Labute approximate surface area is 94.2 Å². The van der Waals surface area contributed by atoms with Crippen LogP contribution in [0.1, 0.15) is 24.0 Å². The van der Waals surface area contributed by atoms with E-state index in [1.54, 1.807) is 0 Å². The van der Waals surface area contributed by atoms with Crippen molar-refractivity contribution in [3.63, 3.8) is 0 Å². The van der Waals surface area contributed by atoms with Gasteiger partial charge in [0.2, 0.25) is 0 Å². The van der Waals surface area contributed by atoms with E-state index in [9.17, 15) is 0 Å². The molecule has 1 aromatic carbocycles. The smallest absolute Gasteiger partial charge is 0.0244 e. The molecule has 1 saturated carbocycles. The summed E-state index contributed by atoms with van der Waals surface area (Å²) in [7, 11) is 2.21. The van der Waals surface area contributed by atoms with Crippen LogP contribution < -0.4 is 0 Å². The van der Waals surface area contributed by atoms with Gasteiger partial charge in [-0.2, -0.15) is 0 Å². The van der Waals surface area contributed by atoms with Crippen molar-refractivity contribution in [1.29, 1.82) is 0 Å². The molecule has 1 fully saturated rings. The summed E-state index contributed by atoms with van der Waals surface area (Å²) in [5.41, 5.74) is 2.74. The van der Waals surface area contributed by atoms with Gasteiger partial charge in [-0.05, 0) is 38.4 Å². The molecule has 0 bridgehead atoms. The highest BCUT2D eigenvalue weighted by atomic mass is 79.9. The first-order chi connectivity index (χ1) is 6.66. The normalized spacial score (nSPS) is 16.3. The minimum absolute atomic E-state index is 0.836. The van der Waals surface area contributed by atoms with E-state index in [1.165, 1.54) is 28.4 Å². The van der Waals surface area contributed by atoms with Crippen molar-refractivity contribution in [3.8, 4) is 0 Å². The second kappa shape index (κ2) is 4.03. The SMILES string of the molecule is Cc1ccc(Br)c(CN(C)C2CC2)c1. The van der Waals surface area contributed by atoms with Gasteiger partial charge < -0.3 is 0 Å². The minimum Gasteiger partial charge on any atom is -0.299 e. The van der Waals surface area contributed by atoms with Crippen LogP contribution in [0, 0.1) is 6.92 Å². The molecule has 0 saturated heterocycles. The van der Waals surface area contributed by atoms with Crippen LogP contribution in [0.5, 0.6) is 0 Å². The summed E-state index contributed by atoms with van der Waals surface area (Å²) in [5, 5.41) is 0. The van der Waals surface area contributed by atoms with Crippen molar-refractivity contribution in [2.75, 3.05) is 7.05 Å².